The minimum absolute atomic E-state index is 0.0576. The summed E-state index contributed by atoms with van der Waals surface area (Å²) in [6.07, 6.45) is 0. The van der Waals surface area contributed by atoms with Gasteiger partial charge in [-0.15, -0.1) is 0 Å². The minimum Gasteiger partial charge on any atom is -0.508 e. The van der Waals surface area contributed by atoms with Crippen LogP contribution in [-0.2, 0) is 0 Å². The highest BCUT2D eigenvalue weighted by Crippen LogP contribution is 2.13. The number of thiocarbonyl (C=S) groups is 1. The smallest absolute Gasteiger partial charge is 0.254 e. The number of phenols is 1. The van der Waals surface area contributed by atoms with Crippen LogP contribution < -0.4 is 5.73 Å². The van der Waals surface area contributed by atoms with Crippen LogP contribution in [0.25, 0.3) is 0 Å². The third-order valence-corrected chi connectivity index (χ3v) is 2.75. The van der Waals surface area contributed by atoms with Gasteiger partial charge >= 0.3 is 0 Å². The summed E-state index contributed by atoms with van der Waals surface area (Å²) in [4.78, 5) is 13.6. The molecule has 0 spiro atoms. The predicted octanol–water partition coefficient (Wildman–Crippen LogP) is 1.14. The molecule has 86 valence electrons. The lowest BCUT2D eigenvalue weighted by Crippen LogP contribution is -2.42. The molecule has 1 atom stereocenters. The Morgan fingerprint density at radius 1 is 1.56 bits per heavy atom. The maximum Gasteiger partial charge on any atom is 0.254 e. The Hall–Kier alpha value is -1.62. The SMILES string of the molecule is CC(C(N)=S)N(C)C(=O)c1cccc(O)c1. The molecule has 4 nitrogen and oxygen atoms in total. The third-order valence-electron chi connectivity index (χ3n) is 2.41. The zero-order valence-electron chi connectivity index (χ0n) is 9.18. The van der Waals surface area contributed by atoms with Crippen molar-refractivity contribution < 1.29 is 9.90 Å². The van der Waals surface area contributed by atoms with Crippen LogP contribution in [0.3, 0.4) is 0 Å². The van der Waals surface area contributed by atoms with Crippen LogP contribution in [0.2, 0.25) is 0 Å². The Balaban J connectivity index is 2.90. The number of nitrogens with two attached hydrogens (primary N) is 1. The van der Waals surface area contributed by atoms with E-state index in [1.54, 1.807) is 26.1 Å². The summed E-state index contributed by atoms with van der Waals surface area (Å²) >= 11 is 4.82. The lowest BCUT2D eigenvalue weighted by molar-refractivity contribution is 0.0778. The number of aromatic hydroxyl groups is 1. The van der Waals surface area contributed by atoms with Gasteiger partial charge in [0, 0.05) is 12.6 Å². The summed E-state index contributed by atoms with van der Waals surface area (Å²) in [6, 6.07) is 5.84. The monoisotopic (exact) mass is 238 g/mol. The summed E-state index contributed by atoms with van der Waals surface area (Å²) in [7, 11) is 1.62. The summed E-state index contributed by atoms with van der Waals surface area (Å²) in [5, 5.41) is 9.27. The maximum absolute atomic E-state index is 11.9. The zero-order chi connectivity index (χ0) is 12.3. The molecule has 0 aliphatic carbocycles. The van der Waals surface area contributed by atoms with Crippen molar-refractivity contribution in [2.75, 3.05) is 7.05 Å². The van der Waals surface area contributed by atoms with E-state index >= 15 is 0 Å². The number of rotatable bonds is 3. The number of hydrogen-bond acceptors (Lipinski definition) is 3. The second kappa shape index (κ2) is 4.94. The van der Waals surface area contributed by atoms with E-state index in [9.17, 15) is 9.90 Å². The molecule has 0 bridgehead atoms. The number of benzene rings is 1. The molecule has 0 aliphatic heterocycles. The second-order valence-electron chi connectivity index (χ2n) is 3.54. The molecule has 5 heteroatoms. The lowest BCUT2D eigenvalue weighted by Gasteiger charge is -2.23. The Morgan fingerprint density at radius 2 is 2.19 bits per heavy atom. The van der Waals surface area contributed by atoms with E-state index in [1.807, 2.05) is 0 Å². The van der Waals surface area contributed by atoms with Crippen molar-refractivity contribution in [3.63, 3.8) is 0 Å². The molecule has 16 heavy (non-hydrogen) atoms. The molecule has 3 N–H and O–H groups in total. The molecular weight excluding hydrogens is 224 g/mol. The number of phenolic OH excluding ortho intramolecular Hbond substituents is 1. The van der Waals surface area contributed by atoms with Gasteiger partial charge < -0.3 is 15.7 Å². The van der Waals surface area contributed by atoms with Crippen molar-refractivity contribution in [2.24, 2.45) is 5.73 Å². The fourth-order valence-electron chi connectivity index (χ4n) is 1.21. The molecule has 0 radical (unpaired) electrons. The van der Waals surface area contributed by atoms with Crippen molar-refractivity contribution in [3.8, 4) is 5.75 Å². The lowest BCUT2D eigenvalue weighted by atomic mass is 10.1. The van der Waals surface area contributed by atoms with E-state index in [-0.39, 0.29) is 22.7 Å². The molecule has 1 rings (SSSR count). The van der Waals surface area contributed by atoms with E-state index in [4.69, 9.17) is 18.0 Å². The van der Waals surface area contributed by atoms with Gasteiger partial charge in [-0.1, -0.05) is 18.3 Å². The first-order valence-corrected chi connectivity index (χ1v) is 5.20. The summed E-state index contributed by atoms with van der Waals surface area (Å²) < 4.78 is 0. The van der Waals surface area contributed by atoms with Gasteiger partial charge in [0.25, 0.3) is 5.91 Å². The van der Waals surface area contributed by atoms with Gasteiger partial charge in [0.2, 0.25) is 0 Å². The van der Waals surface area contributed by atoms with Gasteiger partial charge in [0.1, 0.15) is 5.75 Å². The Labute approximate surface area is 99.7 Å². The van der Waals surface area contributed by atoms with Crippen molar-refractivity contribution in [2.45, 2.75) is 13.0 Å². The molecule has 1 unspecified atom stereocenters. The highest BCUT2D eigenvalue weighted by Gasteiger charge is 2.19. The number of carbonyl (C=O) groups excluding carboxylic acids is 1. The third kappa shape index (κ3) is 2.70. The molecule has 0 heterocycles. The van der Waals surface area contributed by atoms with Crippen LogP contribution in [0.5, 0.6) is 5.75 Å². The minimum atomic E-state index is -0.315. The quantitative estimate of drug-likeness (QED) is 0.775. The molecule has 1 aromatic carbocycles. The zero-order valence-corrected chi connectivity index (χ0v) is 9.99. The number of nitrogens with zero attached hydrogens (tertiary/aromatic N) is 1. The summed E-state index contributed by atoms with van der Waals surface area (Å²) in [5.74, 6) is -0.168. The van der Waals surface area contributed by atoms with E-state index in [2.05, 4.69) is 0 Å². The molecule has 0 fully saturated rings. The molecule has 0 saturated heterocycles. The van der Waals surface area contributed by atoms with E-state index in [0.717, 1.165) is 0 Å². The highest BCUT2D eigenvalue weighted by molar-refractivity contribution is 7.80. The van der Waals surface area contributed by atoms with Gasteiger partial charge in [-0.3, -0.25) is 4.79 Å². The number of likely N-dealkylation sites (N-methyl/N-ethyl adjacent to an activating group) is 1. The van der Waals surface area contributed by atoms with Crippen molar-refractivity contribution in [1.82, 2.24) is 4.90 Å². The fourth-order valence-corrected chi connectivity index (χ4v) is 1.37. The molecule has 0 aliphatic rings. The van der Waals surface area contributed by atoms with Gasteiger partial charge in [0.15, 0.2) is 0 Å². The number of hydrogen-bond donors (Lipinski definition) is 2. The fraction of sp³-hybridized carbons (Fsp3) is 0.273. The van der Waals surface area contributed by atoms with Crippen LogP contribution in [0.15, 0.2) is 24.3 Å². The van der Waals surface area contributed by atoms with Crippen molar-refractivity contribution in [1.29, 1.82) is 0 Å². The van der Waals surface area contributed by atoms with Gasteiger partial charge in [-0.25, -0.2) is 0 Å². The van der Waals surface area contributed by atoms with Gasteiger partial charge in [0.05, 0.1) is 11.0 Å². The first-order chi connectivity index (χ1) is 7.43. The summed E-state index contributed by atoms with van der Waals surface area (Å²) in [5.41, 5.74) is 5.88. The van der Waals surface area contributed by atoms with Crippen LogP contribution in [-0.4, -0.2) is 34.0 Å². The van der Waals surface area contributed by atoms with Crippen molar-refractivity contribution >= 4 is 23.1 Å². The molecule has 1 aromatic rings. The molecule has 0 saturated carbocycles. The Morgan fingerprint density at radius 3 is 2.69 bits per heavy atom. The maximum atomic E-state index is 11.9. The predicted molar refractivity (Wildman–Crippen MR) is 66.4 cm³/mol. The Bertz CT molecular complexity index is 420. The van der Waals surface area contributed by atoms with E-state index < -0.39 is 0 Å². The molecular formula is C11H14N2O2S. The van der Waals surface area contributed by atoms with Crippen LogP contribution in [0, 0.1) is 0 Å². The van der Waals surface area contributed by atoms with Crippen LogP contribution >= 0.6 is 12.2 Å². The second-order valence-corrected chi connectivity index (χ2v) is 4.02. The van der Waals surface area contributed by atoms with Gasteiger partial charge in [-0.05, 0) is 25.1 Å². The average molecular weight is 238 g/mol. The van der Waals surface area contributed by atoms with E-state index in [1.165, 1.54) is 17.0 Å². The normalized spacial score (nSPS) is 11.9. The average Bonchev–Trinajstić information content (AvgIpc) is 2.26. The number of carbonyl (C=O) groups is 1. The standard InChI is InChI=1S/C11H14N2O2S/c1-7(10(12)16)13(2)11(15)8-4-3-5-9(14)6-8/h3-7,14H,1-2H3,(H2,12,16). The molecule has 1 amide bonds. The van der Waals surface area contributed by atoms with Gasteiger partial charge in [-0.2, -0.15) is 0 Å². The largest absolute Gasteiger partial charge is 0.508 e. The highest BCUT2D eigenvalue weighted by atomic mass is 32.1. The van der Waals surface area contributed by atoms with Crippen LogP contribution in [0.1, 0.15) is 17.3 Å². The molecule has 0 aromatic heterocycles. The number of amides is 1. The topological polar surface area (TPSA) is 66.6 Å². The first-order valence-electron chi connectivity index (χ1n) is 4.79. The van der Waals surface area contributed by atoms with Crippen molar-refractivity contribution in [3.05, 3.63) is 29.8 Å². The van der Waals surface area contributed by atoms with E-state index in [0.29, 0.717) is 5.56 Å². The summed E-state index contributed by atoms with van der Waals surface area (Å²) in [6.45, 7) is 1.75. The Kier molecular flexibility index (Phi) is 3.84. The first kappa shape index (κ1) is 12.4. The van der Waals surface area contributed by atoms with Crippen LogP contribution in [0.4, 0.5) is 0 Å².